The number of rotatable bonds is 4. The minimum Gasteiger partial charge on any atom is -0.320 e. The van der Waals surface area contributed by atoms with E-state index in [0.29, 0.717) is 12.6 Å². The van der Waals surface area contributed by atoms with Gasteiger partial charge in [-0.3, -0.25) is 9.36 Å². The van der Waals surface area contributed by atoms with Crippen LogP contribution in [0.5, 0.6) is 0 Å². The number of halogens is 2. The maximum atomic E-state index is 14.6. The summed E-state index contributed by atoms with van der Waals surface area (Å²) in [6.45, 7) is 10.1. The second kappa shape index (κ2) is 8.10. The van der Waals surface area contributed by atoms with Crippen LogP contribution in [0.1, 0.15) is 51.8 Å². The molecule has 4 aromatic rings. The standard InChI is InChI=1S/C25H26F2N4O2/c1-15(2)30-23(32)21-22(31(24(30)33)20-11-10-18(26)12-19(20)27)28-14-29(21)13-16-6-8-17(9-7-16)25(3,4)5/h6-12,14-15H,13H2,1-5H3. The molecule has 8 heteroatoms. The molecular weight excluding hydrogens is 426 g/mol. The highest BCUT2D eigenvalue weighted by Gasteiger charge is 2.22. The molecule has 0 aliphatic heterocycles. The number of hydrogen-bond acceptors (Lipinski definition) is 3. The van der Waals surface area contributed by atoms with Crippen LogP contribution in [0, 0.1) is 11.6 Å². The van der Waals surface area contributed by atoms with Gasteiger partial charge in [0.05, 0.1) is 12.0 Å². The Morgan fingerprint density at radius 3 is 2.24 bits per heavy atom. The summed E-state index contributed by atoms with van der Waals surface area (Å²) in [7, 11) is 0. The van der Waals surface area contributed by atoms with E-state index in [4.69, 9.17) is 0 Å². The average molecular weight is 453 g/mol. The third kappa shape index (κ3) is 4.01. The van der Waals surface area contributed by atoms with Crippen molar-refractivity contribution in [3.8, 4) is 5.69 Å². The molecule has 6 nitrogen and oxygen atoms in total. The summed E-state index contributed by atoms with van der Waals surface area (Å²) in [5, 5.41) is 0. The zero-order chi connectivity index (χ0) is 24.1. The molecule has 0 aliphatic carbocycles. The number of benzene rings is 2. The lowest BCUT2D eigenvalue weighted by molar-refractivity contribution is 0.531. The largest absolute Gasteiger partial charge is 0.337 e. The van der Waals surface area contributed by atoms with Crippen molar-refractivity contribution < 1.29 is 8.78 Å². The Bertz CT molecular complexity index is 1460. The van der Waals surface area contributed by atoms with Crippen molar-refractivity contribution in [1.82, 2.24) is 18.7 Å². The van der Waals surface area contributed by atoms with Crippen molar-refractivity contribution >= 4 is 11.2 Å². The zero-order valence-electron chi connectivity index (χ0n) is 19.3. The average Bonchev–Trinajstić information content (AvgIpc) is 3.12. The van der Waals surface area contributed by atoms with E-state index in [9.17, 15) is 18.4 Å². The van der Waals surface area contributed by atoms with Crippen LogP contribution in [0.3, 0.4) is 0 Å². The molecule has 0 bridgehead atoms. The molecule has 0 amide bonds. The third-order valence-corrected chi connectivity index (χ3v) is 5.69. The summed E-state index contributed by atoms with van der Waals surface area (Å²) in [6.07, 6.45) is 1.46. The van der Waals surface area contributed by atoms with Crippen molar-refractivity contribution in [2.75, 3.05) is 0 Å². The number of aromatic nitrogens is 4. The summed E-state index contributed by atoms with van der Waals surface area (Å²) in [5.74, 6) is -1.68. The monoisotopic (exact) mass is 452 g/mol. The summed E-state index contributed by atoms with van der Waals surface area (Å²) < 4.78 is 31.9. The first-order chi connectivity index (χ1) is 15.5. The highest BCUT2D eigenvalue weighted by molar-refractivity contribution is 5.72. The van der Waals surface area contributed by atoms with E-state index in [1.807, 2.05) is 24.3 Å². The minimum atomic E-state index is -0.917. The van der Waals surface area contributed by atoms with E-state index < -0.39 is 28.9 Å². The van der Waals surface area contributed by atoms with Gasteiger partial charge in [0.2, 0.25) is 0 Å². The molecular formula is C25H26F2N4O2. The minimum absolute atomic E-state index is 0.0144. The Labute approximate surface area is 189 Å². The fourth-order valence-corrected chi connectivity index (χ4v) is 3.91. The SMILES string of the molecule is CC(C)n1c(=O)c2c(ncn2Cc2ccc(C(C)(C)C)cc2)n(-c2ccc(F)cc2F)c1=O. The van der Waals surface area contributed by atoms with Gasteiger partial charge in [0, 0.05) is 18.7 Å². The van der Waals surface area contributed by atoms with Crippen LogP contribution in [0.2, 0.25) is 0 Å². The molecule has 0 aliphatic rings. The second-order valence-corrected chi connectivity index (χ2v) is 9.47. The van der Waals surface area contributed by atoms with Gasteiger partial charge in [-0.05, 0) is 42.5 Å². The van der Waals surface area contributed by atoms with E-state index in [0.717, 1.165) is 20.8 Å². The molecule has 4 rings (SSSR count). The Kier molecular flexibility index (Phi) is 5.56. The van der Waals surface area contributed by atoms with E-state index in [1.54, 1.807) is 18.4 Å². The summed E-state index contributed by atoms with van der Waals surface area (Å²) in [5.41, 5.74) is 0.945. The molecule has 0 unspecified atom stereocenters. The molecule has 2 heterocycles. The van der Waals surface area contributed by atoms with Crippen molar-refractivity contribution in [3.63, 3.8) is 0 Å². The van der Waals surface area contributed by atoms with Gasteiger partial charge in [-0.1, -0.05) is 45.0 Å². The van der Waals surface area contributed by atoms with Crippen LogP contribution in [-0.4, -0.2) is 18.7 Å². The topological polar surface area (TPSA) is 61.8 Å². The third-order valence-electron chi connectivity index (χ3n) is 5.69. The highest BCUT2D eigenvalue weighted by atomic mass is 19.1. The Balaban J connectivity index is 1.93. The maximum absolute atomic E-state index is 14.6. The number of fused-ring (bicyclic) bond motifs is 1. The van der Waals surface area contributed by atoms with Crippen LogP contribution in [0.4, 0.5) is 8.78 Å². The lowest BCUT2D eigenvalue weighted by Crippen LogP contribution is -2.41. The van der Waals surface area contributed by atoms with Crippen LogP contribution < -0.4 is 11.2 Å². The molecule has 0 spiro atoms. The van der Waals surface area contributed by atoms with Crippen molar-refractivity contribution in [2.45, 2.75) is 52.6 Å². The predicted molar refractivity (Wildman–Crippen MR) is 124 cm³/mol. The molecule has 0 atom stereocenters. The van der Waals surface area contributed by atoms with E-state index in [-0.39, 0.29) is 22.3 Å². The van der Waals surface area contributed by atoms with Gasteiger partial charge in [-0.2, -0.15) is 0 Å². The second-order valence-electron chi connectivity index (χ2n) is 9.47. The predicted octanol–water partition coefficient (Wildman–Crippen LogP) is 4.55. The summed E-state index contributed by atoms with van der Waals surface area (Å²) >= 11 is 0. The van der Waals surface area contributed by atoms with Crippen LogP contribution in [0.15, 0.2) is 58.4 Å². The van der Waals surface area contributed by atoms with Crippen LogP contribution in [0.25, 0.3) is 16.9 Å². The van der Waals surface area contributed by atoms with Gasteiger partial charge in [0.25, 0.3) is 5.56 Å². The first-order valence-electron chi connectivity index (χ1n) is 10.8. The molecule has 172 valence electrons. The quantitative estimate of drug-likeness (QED) is 0.456. The van der Waals surface area contributed by atoms with Gasteiger partial charge in [0.1, 0.15) is 11.6 Å². The van der Waals surface area contributed by atoms with Gasteiger partial charge >= 0.3 is 5.69 Å². The fraction of sp³-hybridized carbons (Fsp3) is 0.320. The van der Waals surface area contributed by atoms with Gasteiger partial charge < -0.3 is 4.57 Å². The molecule has 0 fully saturated rings. The Morgan fingerprint density at radius 1 is 1.00 bits per heavy atom. The van der Waals surface area contributed by atoms with E-state index in [1.165, 1.54) is 18.0 Å². The maximum Gasteiger partial charge on any atom is 0.337 e. The van der Waals surface area contributed by atoms with Gasteiger partial charge in [-0.15, -0.1) is 0 Å². The normalized spacial score (nSPS) is 12.1. The zero-order valence-corrected chi connectivity index (χ0v) is 19.3. The fourth-order valence-electron chi connectivity index (χ4n) is 3.91. The van der Waals surface area contributed by atoms with Crippen molar-refractivity contribution in [3.05, 3.63) is 92.4 Å². The number of nitrogens with zero attached hydrogens (tertiary/aromatic N) is 4. The van der Waals surface area contributed by atoms with Crippen molar-refractivity contribution in [1.29, 1.82) is 0 Å². The molecule has 2 aromatic heterocycles. The molecule has 33 heavy (non-hydrogen) atoms. The highest BCUT2D eigenvalue weighted by Crippen LogP contribution is 2.23. The molecule has 2 aromatic carbocycles. The lowest BCUT2D eigenvalue weighted by atomic mass is 9.87. The Hall–Kier alpha value is -3.55. The summed E-state index contributed by atoms with van der Waals surface area (Å²) in [4.78, 5) is 30.8. The summed E-state index contributed by atoms with van der Waals surface area (Å²) in [6, 6.07) is 10.5. The number of imidazole rings is 1. The first kappa shape index (κ1) is 22.6. The van der Waals surface area contributed by atoms with Crippen molar-refractivity contribution in [2.24, 2.45) is 0 Å². The van der Waals surface area contributed by atoms with E-state index in [2.05, 4.69) is 25.8 Å². The first-order valence-corrected chi connectivity index (χ1v) is 10.8. The van der Waals surface area contributed by atoms with Crippen LogP contribution in [-0.2, 0) is 12.0 Å². The number of hydrogen-bond donors (Lipinski definition) is 0. The smallest absolute Gasteiger partial charge is 0.320 e. The molecule has 0 N–H and O–H groups in total. The van der Waals surface area contributed by atoms with Gasteiger partial charge in [0.15, 0.2) is 11.2 Å². The molecule has 0 saturated carbocycles. The molecule has 0 radical (unpaired) electrons. The lowest BCUT2D eigenvalue weighted by Gasteiger charge is -2.19. The van der Waals surface area contributed by atoms with Crippen LogP contribution >= 0.6 is 0 Å². The van der Waals surface area contributed by atoms with E-state index >= 15 is 0 Å². The Morgan fingerprint density at radius 2 is 1.67 bits per heavy atom. The van der Waals surface area contributed by atoms with Gasteiger partial charge in [-0.25, -0.2) is 23.1 Å². The molecule has 0 saturated heterocycles.